The zero-order valence-corrected chi connectivity index (χ0v) is 7.75. The number of hydrogen-bond acceptors (Lipinski definition) is 3. The Hall–Kier alpha value is -1.39. The summed E-state index contributed by atoms with van der Waals surface area (Å²) in [4.78, 5) is 15.7. The fraction of sp³-hybridized carbons (Fsp3) is 0.300. The molecular formula is C10H12N2O2. The largest absolute Gasteiger partial charge is 0.326 e. The lowest BCUT2D eigenvalue weighted by Crippen LogP contribution is -2.05. The fourth-order valence-electron chi connectivity index (χ4n) is 1.72. The number of nitrogens with one attached hydrogen (secondary N) is 1. The Kier molecular flexibility index (Phi) is 2.47. The first-order valence-electron chi connectivity index (χ1n) is 4.53. The lowest BCUT2D eigenvalue weighted by atomic mass is 10.0. The highest BCUT2D eigenvalue weighted by Gasteiger charge is 2.19. The minimum absolute atomic E-state index is 0.0566. The summed E-state index contributed by atoms with van der Waals surface area (Å²) in [5, 5.41) is 2.80. The van der Waals surface area contributed by atoms with E-state index in [1.165, 1.54) is 0 Å². The number of fused-ring (bicyclic) bond motifs is 1. The summed E-state index contributed by atoms with van der Waals surface area (Å²) in [6.45, 7) is 0.477. The van der Waals surface area contributed by atoms with Crippen molar-refractivity contribution >= 4 is 11.6 Å². The summed E-state index contributed by atoms with van der Waals surface area (Å²) in [7, 11) is 0. The van der Waals surface area contributed by atoms with Gasteiger partial charge in [-0.15, -0.1) is 0 Å². The van der Waals surface area contributed by atoms with Gasteiger partial charge < -0.3 is 10.2 Å². The molecule has 1 aromatic carbocycles. The second kappa shape index (κ2) is 3.77. The molecule has 0 saturated carbocycles. The Bertz CT molecular complexity index is 363. The van der Waals surface area contributed by atoms with E-state index in [4.69, 9.17) is 5.90 Å². The Morgan fingerprint density at radius 2 is 2.36 bits per heavy atom. The molecule has 3 N–H and O–H groups in total. The van der Waals surface area contributed by atoms with Gasteiger partial charge in [-0.1, -0.05) is 12.1 Å². The molecule has 1 aromatic rings. The van der Waals surface area contributed by atoms with Crippen molar-refractivity contribution in [1.82, 2.24) is 0 Å². The molecule has 1 aliphatic heterocycles. The summed E-state index contributed by atoms with van der Waals surface area (Å²) in [5.41, 5.74) is 3.13. The molecule has 1 heterocycles. The zero-order chi connectivity index (χ0) is 9.97. The first kappa shape index (κ1) is 9.18. The van der Waals surface area contributed by atoms with Gasteiger partial charge in [-0.25, -0.2) is 5.90 Å². The topological polar surface area (TPSA) is 64.3 Å². The van der Waals surface area contributed by atoms with Gasteiger partial charge in [0, 0.05) is 5.69 Å². The number of carbonyl (C=O) groups excluding carboxylic acids is 1. The van der Waals surface area contributed by atoms with Crippen LogP contribution in [0.1, 0.15) is 11.1 Å². The van der Waals surface area contributed by atoms with Gasteiger partial charge in [0.05, 0.1) is 13.0 Å². The van der Waals surface area contributed by atoms with E-state index in [9.17, 15) is 4.79 Å². The molecular weight excluding hydrogens is 180 g/mol. The van der Waals surface area contributed by atoms with Gasteiger partial charge >= 0.3 is 0 Å². The van der Waals surface area contributed by atoms with E-state index in [2.05, 4.69) is 10.2 Å². The molecule has 1 aliphatic rings. The van der Waals surface area contributed by atoms with Crippen molar-refractivity contribution in [1.29, 1.82) is 0 Å². The average molecular weight is 192 g/mol. The van der Waals surface area contributed by atoms with Crippen LogP contribution in [0.15, 0.2) is 18.2 Å². The van der Waals surface area contributed by atoms with E-state index in [-0.39, 0.29) is 5.91 Å². The van der Waals surface area contributed by atoms with Gasteiger partial charge in [-0.05, 0) is 23.6 Å². The van der Waals surface area contributed by atoms with Crippen LogP contribution < -0.4 is 11.2 Å². The van der Waals surface area contributed by atoms with Gasteiger partial charge in [0.15, 0.2) is 0 Å². The predicted octanol–water partition coefficient (Wildman–Crippen LogP) is 0.614. The van der Waals surface area contributed by atoms with E-state index >= 15 is 0 Å². The third kappa shape index (κ3) is 1.62. The molecule has 0 atom stereocenters. The number of carbonyl (C=O) groups is 1. The highest BCUT2D eigenvalue weighted by Crippen LogP contribution is 2.26. The van der Waals surface area contributed by atoms with Crippen molar-refractivity contribution in [3.63, 3.8) is 0 Å². The third-order valence-corrected chi connectivity index (χ3v) is 2.37. The van der Waals surface area contributed by atoms with E-state index in [0.717, 1.165) is 23.2 Å². The van der Waals surface area contributed by atoms with Crippen LogP contribution in [0, 0.1) is 0 Å². The first-order valence-corrected chi connectivity index (χ1v) is 4.53. The molecule has 0 unspecified atom stereocenters. The van der Waals surface area contributed by atoms with Crippen LogP contribution in [0.3, 0.4) is 0 Å². The maximum Gasteiger partial charge on any atom is 0.228 e. The number of anilines is 1. The summed E-state index contributed by atoms with van der Waals surface area (Å²) in [6.07, 6.45) is 1.21. The maximum absolute atomic E-state index is 11.2. The van der Waals surface area contributed by atoms with E-state index in [0.29, 0.717) is 13.0 Å². The van der Waals surface area contributed by atoms with Crippen molar-refractivity contribution in [2.24, 2.45) is 5.90 Å². The molecule has 14 heavy (non-hydrogen) atoms. The van der Waals surface area contributed by atoms with Crippen molar-refractivity contribution in [3.8, 4) is 0 Å². The van der Waals surface area contributed by atoms with E-state index < -0.39 is 0 Å². The standard InChI is InChI=1S/C10H12N2O2/c11-14-5-4-7-2-1-3-9-8(7)6-10(13)12-9/h1-3H,4-6,11H2,(H,12,13). The molecule has 0 saturated heterocycles. The van der Waals surface area contributed by atoms with Gasteiger partial charge in [0.1, 0.15) is 0 Å². The third-order valence-electron chi connectivity index (χ3n) is 2.37. The van der Waals surface area contributed by atoms with Crippen molar-refractivity contribution < 1.29 is 9.63 Å². The molecule has 0 spiro atoms. The highest BCUT2D eigenvalue weighted by atomic mass is 16.6. The summed E-state index contributed by atoms with van der Waals surface area (Å²) < 4.78 is 0. The minimum Gasteiger partial charge on any atom is -0.326 e. The fourth-order valence-corrected chi connectivity index (χ4v) is 1.72. The monoisotopic (exact) mass is 192 g/mol. The van der Waals surface area contributed by atoms with Gasteiger partial charge in [-0.2, -0.15) is 0 Å². The molecule has 74 valence electrons. The Morgan fingerprint density at radius 3 is 3.14 bits per heavy atom. The number of hydrogen-bond donors (Lipinski definition) is 2. The predicted molar refractivity (Wildman–Crippen MR) is 52.6 cm³/mol. The zero-order valence-electron chi connectivity index (χ0n) is 7.75. The first-order chi connectivity index (χ1) is 6.81. The molecule has 1 amide bonds. The Labute approximate surface area is 82.0 Å². The lowest BCUT2D eigenvalue weighted by Gasteiger charge is -2.05. The molecule has 2 rings (SSSR count). The molecule has 0 radical (unpaired) electrons. The molecule has 0 aliphatic carbocycles. The molecule has 4 nitrogen and oxygen atoms in total. The highest BCUT2D eigenvalue weighted by molar-refractivity contribution is 5.99. The molecule has 4 heteroatoms. The van der Waals surface area contributed by atoms with Crippen LogP contribution in [-0.2, 0) is 22.5 Å². The number of rotatable bonds is 3. The van der Waals surface area contributed by atoms with Crippen LogP contribution in [0.25, 0.3) is 0 Å². The van der Waals surface area contributed by atoms with Crippen LogP contribution in [-0.4, -0.2) is 12.5 Å². The lowest BCUT2D eigenvalue weighted by molar-refractivity contribution is -0.115. The second-order valence-corrected chi connectivity index (χ2v) is 3.29. The molecule has 0 bridgehead atoms. The molecule has 0 fully saturated rings. The van der Waals surface area contributed by atoms with Gasteiger partial charge in [0.25, 0.3) is 0 Å². The molecule has 0 aromatic heterocycles. The van der Waals surface area contributed by atoms with Crippen LogP contribution in [0.5, 0.6) is 0 Å². The number of amides is 1. The minimum atomic E-state index is 0.0566. The van der Waals surface area contributed by atoms with Crippen LogP contribution >= 0.6 is 0 Å². The number of nitrogens with two attached hydrogens (primary N) is 1. The van der Waals surface area contributed by atoms with Crippen molar-refractivity contribution in [3.05, 3.63) is 29.3 Å². The average Bonchev–Trinajstić information content (AvgIpc) is 2.55. The maximum atomic E-state index is 11.2. The number of benzene rings is 1. The van der Waals surface area contributed by atoms with E-state index in [1.807, 2.05) is 18.2 Å². The quantitative estimate of drug-likeness (QED) is 0.690. The summed E-state index contributed by atoms with van der Waals surface area (Å²) in [5.74, 6) is 5.02. The SMILES string of the molecule is NOCCc1cccc2c1CC(=O)N2. The van der Waals surface area contributed by atoms with Crippen molar-refractivity contribution in [2.75, 3.05) is 11.9 Å². The summed E-state index contributed by atoms with van der Waals surface area (Å²) >= 11 is 0. The van der Waals surface area contributed by atoms with Crippen LogP contribution in [0.4, 0.5) is 5.69 Å². The van der Waals surface area contributed by atoms with E-state index in [1.54, 1.807) is 0 Å². The van der Waals surface area contributed by atoms with Gasteiger partial charge in [-0.3, -0.25) is 4.79 Å². The normalized spacial score (nSPS) is 13.9. The Balaban J connectivity index is 2.25. The van der Waals surface area contributed by atoms with Crippen molar-refractivity contribution in [2.45, 2.75) is 12.8 Å². The Morgan fingerprint density at radius 1 is 1.50 bits per heavy atom. The van der Waals surface area contributed by atoms with Gasteiger partial charge in [0.2, 0.25) is 5.91 Å². The summed E-state index contributed by atoms with van der Waals surface area (Å²) in [6, 6.07) is 5.83. The van der Waals surface area contributed by atoms with Crippen LogP contribution in [0.2, 0.25) is 0 Å². The second-order valence-electron chi connectivity index (χ2n) is 3.29. The smallest absolute Gasteiger partial charge is 0.228 e.